The van der Waals surface area contributed by atoms with Crippen LogP contribution in [0.15, 0.2) is 30.7 Å². The zero-order valence-electron chi connectivity index (χ0n) is 11.5. The number of aryl methyl sites for hydroxylation is 2. The number of nitrogens with zero attached hydrogens (tertiary/aromatic N) is 4. The van der Waals surface area contributed by atoms with E-state index in [2.05, 4.69) is 10.1 Å². The summed E-state index contributed by atoms with van der Waals surface area (Å²) in [7, 11) is 3.54. The van der Waals surface area contributed by atoms with Gasteiger partial charge in [-0.3, -0.25) is 4.68 Å². The van der Waals surface area contributed by atoms with Crippen molar-refractivity contribution in [3.8, 4) is 22.5 Å². The van der Waals surface area contributed by atoms with Crippen molar-refractivity contribution in [2.75, 3.05) is 5.73 Å². The molecule has 7 heteroatoms. The lowest BCUT2D eigenvalue weighted by atomic mass is 10.0. The maximum Gasteiger partial charge on any atom is 0.132 e. The molecule has 0 fully saturated rings. The summed E-state index contributed by atoms with van der Waals surface area (Å²) in [5.41, 5.74) is 7.87. The van der Waals surface area contributed by atoms with E-state index in [0.29, 0.717) is 22.8 Å². The molecule has 21 heavy (non-hydrogen) atoms. The number of nitrogens with two attached hydrogens (primary N) is 1. The number of halogens is 2. The van der Waals surface area contributed by atoms with E-state index in [0.717, 1.165) is 0 Å². The van der Waals surface area contributed by atoms with Crippen LogP contribution in [-0.2, 0) is 14.1 Å². The summed E-state index contributed by atoms with van der Waals surface area (Å²) in [4.78, 5) is 4.25. The van der Waals surface area contributed by atoms with E-state index < -0.39 is 5.82 Å². The van der Waals surface area contributed by atoms with E-state index in [9.17, 15) is 4.39 Å². The Morgan fingerprint density at radius 2 is 2.00 bits per heavy atom. The second-order valence-corrected chi connectivity index (χ2v) is 5.16. The fourth-order valence-electron chi connectivity index (χ4n) is 2.23. The van der Waals surface area contributed by atoms with E-state index in [1.807, 2.05) is 7.05 Å². The van der Waals surface area contributed by atoms with Crippen molar-refractivity contribution in [1.82, 2.24) is 19.3 Å². The quantitative estimate of drug-likeness (QED) is 0.792. The molecule has 2 aromatic heterocycles. The lowest BCUT2D eigenvalue weighted by molar-refractivity contribution is 0.631. The molecule has 0 amide bonds. The monoisotopic (exact) mass is 305 g/mol. The number of hydrogen-bond donors (Lipinski definition) is 1. The molecular formula is C14H13ClFN5. The first-order valence-electron chi connectivity index (χ1n) is 6.24. The van der Waals surface area contributed by atoms with Gasteiger partial charge in [0.15, 0.2) is 0 Å². The number of rotatable bonds is 2. The normalized spacial score (nSPS) is 11.0. The predicted molar refractivity (Wildman–Crippen MR) is 80.2 cm³/mol. The Labute approximate surface area is 125 Å². The number of benzene rings is 1. The third kappa shape index (κ3) is 2.17. The van der Waals surface area contributed by atoms with Gasteiger partial charge in [-0.2, -0.15) is 5.10 Å². The predicted octanol–water partition coefficient (Wildman–Crippen LogP) is 2.86. The third-order valence-corrected chi connectivity index (χ3v) is 3.57. The molecule has 1 aromatic carbocycles. The number of imidazole rings is 1. The third-order valence-electron chi connectivity index (χ3n) is 3.25. The highest BCUT2D eigenvalue weighted by molar-refractivity contribution is 6.33. The van der Waals surface area contributed by atoms with Crippen LogP contribution in [0.5, 0.6) is 0 Å². The molecule has 0 radical (unpaired) electrons. The SMILES string of the molecule is Cn1cnc(-c2nn(C)c(N)c2-c2c(F)cccc2Cl)c1. The van der Waals surface area contributed by atoms with Gasteiger partial charge in [0.05, 0.1) is 16.9 Å². The molecule has 3 aromatic rings. The minimum atomic E-state index is -0.445. The topological polar surface area (TPSA) is 61.7 Å². The lowest BCUT2D eigenvalue weighted by Gasteiger charge is -2.06. The molecule has 0 unspecified atom stereocenters. The van der Waals surface area contributed by atoms with Crippen LogP contribution in [0, 0.1) is 5.82 Å². The van der Waals surface area contributed by atoms with Crippen molar-refractivity contribution in [2.45, 2.75) is 0 Å². The number of anilines is 1. The van der Waals surface area contributed by atoms with Gasteiger partial charge in [-0.05, 0) is 12.1 Å². The maximum atomic E-state index is 14.2. The Kier molecular flexibility index (Phi) is 3.17. The Bertz CT molecular complexity index is 801. The van der Waals surface area contributed by atoms with E-state index in [4.69, 9.17) is 17.3 Å². The summed E-state index contributed by atoms with van der Waals surface area (Å²) in [6, 6.07) is 4.51. The summed E-state index contributed by atoms with van der Waals surface area (Å²) in [5.74, 6) is -0.109. The Hall–Kier alpha value is -2.34. The van der Waals surface area contributed by atoms with Gasteiger partial charge in [-0.25, -0.2) is 9.37 Å². The zero-order chi connectivity index (χ0) is 15.1. The summed E-state index contributed by atoms with van der Waals surface area (Å²) in [5, 5.41) is 4.63. The van der Waals surface area contributed by atoms with Crippen LogP contribution in [0.4, 0.5) is 10.2 Å². The summed E-state index contributed by atoms with van der Waals surface area (Å²) >= 11 is 6.15. The van der Waals surface area contributed by atoms with Crippen LogP contribution >= 0.6 is 11.6 Å². The fourth-order valence-corrected chi connectivity index (χ4v) is 2.49. The number of hydrogen-bond acceptors (Lipinski definition) is 3. The number of nitrogen functional groups attached to an aromatic ring is 1. The minimum Gasteiger partial charge on any atom is -0.383 e. The molecule has 108 valence electrons. The second-order valence-electron chi connectivity index (χ2n) is 4.75. The summed E-state index contributed by atoms with van der Waals surface area (Å²) in [6.45, 7) is 0. The standard InChI is InChI=1S/C14H13ClFN5/c1-20-6-10(18-7-20)13-12(14(17)21(2)19-13)11-8(15)4-3-5-9(11)16/h3-7H,17H2,1-2H3. The Morgan fingerprint density at radius 3 is 2.62 bits per heavy atom. The van der Waals surface area contributed by atoms with Crippen molar-refractivity contribution in [3.05, 3.63) is 41.6 Å². The molecule has 0 saturated carbocycles. The van der Waals surface area contributed by atoms with Gasteiger partial charge < -0.3 is 10.3 Å². The summed E-state index contributed by atoms with van der Waals surface area (Å²) in [6.07, 6.45) is 3.44. The molecule has 0 aliphatic heterocycles. The highest BCUT2D eigenvalue weighted by Crippen LogP contribution is 2.40. The average Bonchev–Trinajstić information content (AvgIpc) is 2.97. The van der Waals surface area contributed by atoms with Crippen LogP contribution in [0.2, 0.25) is 5.02 Å². The van der Waals surface area contributed by atoms with Crippen molar-refractivity contribution < 1.29 is 4.39 Å². The Morgan fingerprint density at radius 1 is 1.24 bits per heavy atom. The van der Waals surface area contributed by atoms with Crippen molar-refractivity contribution in [1.29, 1.82) is 0 Å². The van der Waals surface area contributed by atoms with Crippen LogP contribution in [-0.4, -0.2) is 19.3 Å². The first-order valence-corrected chi connectivity index (χ1v) is 6.62. The highest BCUT2D eigenvalue weighted by atomic mass is 35.5. The lowest BCUT2D eigenvalue weighted by Crippen LogP contribution is -1.98. The van der Waals surface area contributed by atoms with Gasteiger partial charge in [0.2, 0.25) is 0 Å². The van der Waals surface area contributed by atoms with Crippen LogP contribution < -0.4 is 5.73 Å². The van der Waals surface area contributed by atoms with Gasteiger partial charge >= 0.3 is 0 Å². The van der Waals surface area contributed by atoms with Crippen LogP contribution in [0.25, 0.3) is 22.5 Å². The smallest absolute Gasteiger partial charge is 0.132 e. The Balaban J connectivity index is 2.32. The molecule has 0 atom stereocenters. The molecule has 0 bridgehead atoms. The van der Waals surface area contributed by atoms with Gasteiger partial charge in [0, 0.05) is 25.9 Å². The van der Waals surface area contributed by atoms with E-state index in [1.54, 1.807) is 36.3 Å². The molecule has 2 heterocycles. The van der Waals surface area contributed by atoms with Gasteiger partial charge in [-0.15, -0.1) is 0 Å². The summed E-state index contributed by atoms with van der Waals surface area (Å²) < 4.78 is 17.5. The molecule has 5 nitrogen and oxygen atoms in total. The van der Waals surface area contributed by atoms with Crippen molar-refractivity contribution in [3.63, 3.8) is 0 Å². The molecule has 0 saturated heterocycles. The molecule has 0 aliphatic carbocycles. The van der Waals surface area contributed by atoms with E-state index in [1.165, 1.54) is 10.7 Å². The molecule has 2 N–H and O–H groups in total. The van der Waals surface area contributed by atoms with Crippen molar-refractivity contribution >= 4 is 17.4 Å². The first-order chi connectivity index (χ1) is 9.99. The van der Waals surface area contributed by atoms with E-state index >= 15 is 0 Å². The molecule has 0 spiro atoms. The first kappa shape index (κ1) is 13.6. The van der Waals surface area contributed by atoms with E-state index in [-0.39, 0.29) is 10.6 Å². The fraction of sp³-hybridized carbons (Fsp3) is 0.143. The largest absolute Gasteiger partial charge is 0.383 e. The molecular weight excluding hydrogens is 293 g/mol. The van der Waals surface area contributed by atoms with Gasteiger partial charge in [0.1, 0.15) is 23.0 Å². The second kappa shape index (κ2) is 4.89. The average molecular weight is 306 g/mol. The minimum absolute atomic E-state index is 0.241. The van der Waals surface area contributed by atoms with Gasteiger partial charge in [-0.1, -0.05) is 17.7 Å². The zero-order valence-corrected chi connectivity index (χ0v) is 12.3. The van der Waals surface area contributed by atoms with Gasteiger partial charge in [0.25, 0.3) is 0 Å². The van der Waals surface area contributed by atoms with Crippen LogP contribution in [0.3, 0.4) is 0 Å². The maximum absolute atomic E-state index is 14.2. The van der Waals surface area contributed by atoms with Crippen molar-refractivity contribution in [2.24, 2.45) is 14.1 Å². The number of aromatic nitrogens is 4. The molecule has 0 aliphatic rings. The highest BCUT2D eigenvalue weighted by Gasteiger charge is 2.23. The molecule has 3 rings (SSSR count). The van der Waals surface area contributed by atoms with Crippen LogP contribution in [0.1, 0.15) is 0 Å².